The van der Waals surface area contributed by atoms with E-state index in [0.29, 0.717) is 5.13 Å². The lowest BCUT2D eigenvalue weighted by Crippen LogP contribution is -2.12. The van der Waals surface area contributed by atoms with E-state index in [1.165, 1.54) is 53.8 Å². The summed E-state index contributed by atoms with van der Waals surface area (Å²) in [5, 5.41) is 14.0. The zero-order valence-electron chi connectivity index (χ0n) is 16.5. The third-order valence-corrected chi connectivity index (χ3v) is 6.66. The lowest BCUT2D eigenvalue weighted by molar-refractivity contribution is -0.385. The van der Waals surface area contributed by atoms with Crippen molar-refractivity contribution in [3.05, 3.63) is 88.0 Å². The first-order valence-corrected chi connectivity index (χ1v) is 11.4. The molecular formula is C21H15N3O6S2. The summed E-state index contributed by atoms with van der Waals surface area (Å²) in [6, 6.07) is 15.8. The summed E-state index contributed by atoms with van der Waals surface area (Å²) in [5.74, 6) is -0.446. The average Bonchev–Trinajstić information content (AvgIpc) is 3.18. The lowest BCUT2D eigenvalue weighted by atomic mass is 10.2. The molecule has 11 heteroatoms. The minimum absolute atomic E-state index is 0.0383. The molecule has 1 amide bonds. The highest BCUT2D eigenvalue weighted by molar-refractivity contribution is 7.87. The summed E-state index contributed by atoms with van der Waals surface area (Å²) in [5.41, 5.74) is 1.74. The van der Waals surface area contributed by atoms with Crippen LogP contribution in [0.1, 0.15) is 15.9 Å². The number of benzene rings is 3. The van der Waals surface area contributed by atoms with Crippen LogP contribution in [-0.2, 0) is 10.1 Å². The maximum Gasteiger partial charge on any atom is 0.339 e. The van der Waals surface area contributed by atoms with E-state index >= 15 is 0 Å². The van der Waals surface area contributed by atoms with Crippen molar-refractivity contribution in [1.29, 1.82) is 0 Å². The summed E-state index contributed by atoms with van der Waals surface area (Å²) >= 11 is 1.35. The van der Waals surface area contributed by atoms with Crippen molar-refractivity contribution in [2.45, 2.75) is 11.8 Å². The largest absolute Gasteiger partial charge is 0.379 e. The molecule has 0 saturated carbocycles. The van der Waals surface area contributed by atoms with Crippen molar-refractivity contribution in [3.63, 3.8) is 0 Å². The molecule has 9 nitrogen and oxygen atoms in total. The second-order valence-electron chi connectivity index (χ2n) is 6.71. The van der Waals surface area contributed by atoms with Crippen molar-refractivity contribution < 1.29 is 22.3 Å². The Morgan fingerprint density at radius 1 is 1.09 bits per heavy atom. The molecule has 0 radical (unpaired) electrons. The number of hydrogen-bond donors (Lipinski definition) is 1. The van der Waals surface area contributed by atoms with Gasteiger partial charge in [-0.15, -0.1) is 0 Å². The van der Waals surface area contributed by atoms with Crippen LogP contribution in [-0.4, -0.2) is 24.2 Å². The summed E-state index contributed by atoms with van der Waals surface area (Å²) in [4.78, 5) is 26.8. The van der Waals surface area contributed by atoms with Gasteiger partial charge in [-0.05, 0) is 48.9 Å². The summed E-state index contributed by atoms with van der Waals surface area (Å²) in [7, 11) is -4.28. The zero-order valence-corrected chi connectivity index (χ0v) is 18.1. The zero-order chi connectivity index (χ0) is 22.9. The van der Waals surface area contributed by atoms with Crippen LogP contribution in [0.3, 0.4) is 0 Å². The predicted octanol–water partition coefficient (Wildman–Crippen LogP) is 4.53. The van der Waals surface area contributed by atoms with Gasteiger partial charge in [0.1, 0.15) is 10.6 Å². The Balaban J connectivity index is 1.48. The maximum atomic E-state index is 12.5. The normalized spacial score (nSPS) is 11.3. The first-order valence-electron chi connectivity index (χ1n) is 9.19. The highest BCUT2D eigenvalue weighted by Gasteiger charge is 2.20. The van der Waals surface area contributed by atoms with Gasteiger partial charge in [-0.1, -0.05) is 29.5 Å². The van der Waals surface area contributed by atoms with Crippen LogP contribution in [0.2, 0.25) is 0 Å². The Hall–Kier alpha value is -3.83. The van der Waals surface area contributed by atoms with Gasteiger partial charge in [-0.25, -0.2) is 4.98 Å². The van der Waals surface area contributed by atoms with E-state index in [-0.39, 0.29) is 21.9 Å². The molecule has 4 rings (SSSR count). The Morgan fingerprint density at radius 3 is 2.50 bits per heavy atom. The molecule has 0 unspecified atom stereocenters. The molecule has 3 aromatic carbocycles. The van der Waals surface area contributed by atoms with E-state index in [2.05, 4.69) is 10.3 Å². The molecule has 0 saturated heterocycles. The van der Waals surface area contributed by atoms with Crippen LogP contribution in [0.15, 0.2) is 71.6 Å². The SMILES string of the molecule is Cc1cccc2sc(NC(=O)c3ccc(OS(=O)(=O)c4cccc([N+](=O)[O-])c4)cc3)nc12. The fraction of sp³-hybridized carbons (Fsp3) is 0.0476. The van der Waals surface area contributed by atoms with Gasteiger partial charge in [0.2, 0.25) is 0 Å². The van der Waals surface area contributed by atoms with Crippen LogP contribution in [0.5, 0.6) is 5.75 Å². The third kappa shape index (κ3) is 4.43. The molecule has 32 heavy (non-hydrogen) atoms. The van der Waals surface area contributed by atoms with Crippen LogP contribution >= 0.6 is 11.3 Å². The fourth-order valence-electron chi connectivity index (χ4n) is 2.90. The molecule has 162 valence electrons. The van der Waals surface area contributed by atoms with Crippen molar-refractivity contribution in [2.75, 3.05) is 5.32 Å². The maximum absolute atomic E-state index is 12.5. The van der Waals surface area contributed by atoms with E-state index in [0.717, 1.165) is 21.8 Å². The fourth-order valence-corrected chi connectivity index (χ4v) is 4.81. The minimum atomic E-state index is -4.28. The first-order chi connectivity index (χ1) is 15.2. The minimum Gasteiger partial charge on any atom is -0.379 e. The lowest BCUT2D eigenvalue weighted by Gasteiger charge is -2.08. The van der Waals surface area contributed by atoms with E-state index in [1.54, 1.807) is 0 Å². The van der Waals surface area contributed by atoms with E-state index in [9.17, 15) is 23.3 Å². The standard InChI is InChI=1S/C21H15N3O6S2/c1-13-4-2-7-18-19(13)22-21(31-18)23-20(25)14-8-10-16(11-9-14)30-32(28,29)17-6-3-5-15(12-17)24(26)27/h2-12H,1H3,(H,22,23,25). The van der Waals surface area contributed by atoms with Crippen LogP contribution < -0.4 is 9.50 Å². The predicted molar refractivity (Wildman–Crippen MR) is 120 cm³/mol. The molecule has 0 aliphatic heterocycles. The van der Waals surface area contributed by atoms with Crippen LogP contribution in [0, 0.1) is 17.0 Å². The van der Waals surface area contributed by atoms with Gasteiger partial charge < -0.3 is 4.18 Å². The number of nitrogens with one attached hydrogen (secondary N) is 1. The molecule has 1 aromatic heterocycles. The monoisotopic (exact) mass is 469 g/mol. The van der Waals surface area contributed by atoms with Gasteiger partial charge in [0, 0.05) is 17.7 Å². The number of hydrogen-bond acceptors (Lipinski definition) is 8. The van der Waals surface area contributed by atoms with Crippen molar-refractivity contribution in [1.82, 2.24) is 4.98 Å². The topological polar surface area (TPSA) is 128 Å². The van der Waals surface area contributed by atoms with Crippen molar-refractivity contribution in [2.24, 2.45) is 0 Å². The second-order valence-corrected chi connectivity index (χ2v) is 9.29. The quantitative estimate of drug-likeness (QED) is 0.249. The first kappa shape index (κ1) is 21.4. The summed E-state index contributed by atoms with van der Waals surface area (Å²) in [6.45, 7) is 1.94. The van der Waals surface area contributed by atoms with Gasteiger partial charge in [-0.3, -0.25) is 20.2 Å². The number of para-hydroxylation sites is 1. The van der Waals surface area contributed by atoms with Gasteiger partial charge in [-0.2, -0.15) is 8.42 Å². The number of thiazole rings is 1. The number of aryl methyl sites for hydroxylation is 1. The number of amides is 1. The molecule has 0 fully saturated rings. The number of carbonyl (C=O) groups is 1. The number of nitrogens with zero attached hydrogens (tertiary/aromatic N) is 2. The summed E-state index contributed by atoms with van der Waals surface area (Å²) in [6.07, 6.45) is 0. The average molecular weight is 470 g/mol. The molecule has 0 bridgehead atoms. The van der Waals surface area contributed by atoms with Crippen LogP contribution in [0.25, 0.3) is 10.2 Å². The van der Waals surface area contributed by atoms with Gasteiger partial charge >= 0.3 is 10.1 Å². The Kier molecular flexibility index (Phi) is 5.59. The van der Waals surface area contributed by atoms with E-state index in [1.807, 2.05) is 25.1 Å². The number of rotatable bonds is 6. The van der Waals surface area contributed by atoms with Gasteiger partial charge in [0.25, 0.3) is 11.6 Å². The van der Waals surface area contributed by atoms with Gasteiger partial charge in [0.15, 0.2) is 5.13 Å². The van der Waals surface area contributed by atoms with Crippen LogP contribution in [0.4, 0.5) is 10.8 Å². The Labute approximate surface area is 186 Å². The molecule has 1 N–H and O–H groups in total. The number of anilines is 1. The molecular weight excluding hydrogens is 454 g/mol. The highest BCUT2D eigenvalue weighted by atomic mass is 32.2. The molecule has 0 aliphatic rings. The number of aromatic nitrogens is 1. The molecule has 4 aromatic rings. The molecule has 0 aliphatic carbocycles. The number of carbonyl (C=O) groups excluding carboxylic acids is 1. The number of non-ortho nitro benzene ring substituents is 1. The Morgan fingerprint density at radius 2 is 1.81 bits per heavy atom. The molecule has 0 atom stereocenters. The summed E-state index contributed by atoms with van der Waals surface area (Å²) < 4.78 is 30.8. The Bertz CT molecular complexity index is 1450. The highest BCUT2D eigenvalue weighted by Crippen LogP contribution is 2.28. The number of nitro benzene ring substituents is 1. The smallest absolute Gasteiger partial charge is 0.339 e. The number of fused-ring (bicyclic) bond motifs is 1. The van der Waals surface area contributed by atoms with E-state index < -0.39 is 20.9 Å². The number of nitro groups is 1. The second kappa shape index (κ2) is 8.36. The van der Waals surface area contributed by atoms with Crippen molar-refractivity contribution in [3.8, 4) is 5.75 Å². The van der Waals surface area contributed by atoms with Crippen molar-refractivity contribution >= 4 is 48.4 Å². The molecule has 0 spiro atoms. The van der Waals surface area contributed by atoms with E-state index in [4.69, 9.17) is 4.18 Å². The molecule has 1 heterocycles. The third-order valence-electron chi connectivity index (χ3n) is 4.48. The van der Waals surface area contributed by atoms with Gasteiger partial charge in [0.05, 0.1) is 15.1 Å².